The van der Waals surface area contributed by atoms with E-state index in [4.69, 9.17) is 26.4 Å². The fourth-order valence-corrected chi connectivity index (χ4v) is 6.11. The standard InChI is InChI=1S/C30H36N8O5S/c31-23(30(42)33-15-25(40)41)17-44-14-12-24(39)37-13-4-5-20(16-37)38-29-26(28(32)34-18-35-29)27(36-38)19-8-10-22(11-9-19)43-21-6-2-1-3-7-21/h1-3,6-11,18,20,23-24,39H,4-5,12-17,31H2,(H,33,42)(H,40,41)(H2,32,34,35). The molecule has 3 atom stereocenters. The van der Waals surface area contributed by atoms with Crippen LogP contribution < -0.4 is 21.5 Å². The Morgan fingerprint density at radius 1 is 1.11 bits per heavy atom. The molecule has 0 bridgehead atoms. The minimum absolute atomic E-state index is 0.0383. The van der Waals surface area contributed by atoms with E-state index in [-0.39, 0.29) is 6.04 Å². The number of piperidine rings is 1. The van der Waals surface area contributed by atoms with Crippen molar-refractivity contribution in [1.82, 2.24) is 30.0 Å². The summed E-state index contributed by atoms with van der Waals surface area (Å²) in [7, 11) is 0. The molecule has 3 heterocycles. The molecule has 1 fully saturated rings. The molecule has 2 aromatic carbocycles. The van der Waals surface area contributed by atoms with Crippen LogP contribution in [0.4, 0.5) is 5.82 Å². The van der Waals surface area contributed by atoms with Crippen molar-refractivity contribution in [3.05, 3.63) is 60.9 Å². The molecule has 44 heavy (non-hydrogen) atoms. The summed E-state index contributed by atoms with van der Waals surface area (Å²) in [4.78, 5) is 33.3. The third-order valence-corrected chi connectivity index (χ3v) is 8.51. The highest BCUT2D eigenvalue weighted by Gasteiger charge is 2.29. The highest BCUT2D eigenvalue weighted by molar-refractivity contribution is 7.99. The molecule has 0 spiro atoms. The zero-order valence-corrected chi connectivity index (χ0v) is 24.9. The van der Waals surface area contributed by atoms with E-state index in [1.165, 1.54) is 18.1 Å². The zero-order chi connectivity index (χ0) is 31.1. The largest absolute Gasteiger partial charge is 0.480 e. The lowest BCUT2D eigenvalue weighted by atomic mass is 10.1. The molecule has 1 aliphatic heterocycles. The Bertz CT molecular complexity index is 1570. The molecule has 7 N–H and O–H groups in total. The van der Waals surface area contributed by atoms with Crippen LogP contribution in [0.5, 0.6) is 11.5 Å². The Kier molecular flexibility index (Phi) is 10.3. The van der Waals surface area contributed by atoms with Crippen molar-refractivity contribution in [3.8, 4) is 22.8 Å². The van der Waals surface area contributed by atoms with Gasteiger partial charge in [-0.15, -0.1) is 0 Å². The smallest absolute Gasteiger partial charge is 0.322 e. The predicted octanol–water partition coefficient (Wildman–Crippen LogP) is 2.47. The molecule has 5 rings (SSSR count). The van der Waals surface area contributed by atoms with Crippen molar-refractivity contribution in [1.29, 1.82) is 0 Å². The number of rotatable bonds is 13. The molecule has 2 aromatic heterocycles. The number of para-hydroxylation sites is 1. The average molecular weight is 621 g/mol. The van der Waals surface area contributed by atoms with Gasteiger partial charge in [0.15, 0.2) is 5.65 Å². The Morgan fingerprint density at radius 2 is 1.86 bits per heavy atom. The SMILES string of the molecule is Nc1ncnc2c1c(-c1ccc(Oc3ccccc3)cc1)nn2C1CCCN(C(O)CCSCC(N)C(=O)NCC(=O)O)C1. The Morgan fingerprint density at radius 3 is 2.61 bits per heavy atom. The van der Waals surface area contributed by atoms with Gasteiger partial charge in [-0.1, -0.05) is 18.2 Å². The lowest BCUT2D eigenvalue weighted by molar-refractivity contribution is -0.138. The molecule has 0 aliphatic carbocycles. The maximum absolute atomic E-state index is 11.9. The van der Waals surface area contributed by atoms with Gasteiger partial charge in [0.1, 0.15) is 42.1 Å². The quantitative estimate of drug-likeness (QED) is 0.137. The number of ether oxygens (including phenoxy) is 1. The summed E-state index contributed by atoms with van der Waals surface area (Å²) in [5.41, 5.74) is 14.4. The maximum atomic E-state index is 11.9. The number of carbonyl (C=O) groups is 2. The third-order valence-electron chi connectivity index (χ3n) is 7.39. The van der Waals surface area contributed by atoms with Crippen LogP contribution in [0, 0.1) is 0 Å². The number of nitrogens with two attached hydrogens (primary N) is 2. The number of carboxylic acids is 1. The summed E-state index contributed by atoms with van der Waals surface area (Å²) in [6, 6.07) is 16.4. The van der Waals surface area contributed by atoms with Crippen LogP contribution in [0.15, 0.2) is 60.9 Å². The molecule has 0 saturated carbocycles. The van der Waals surface area contributed by atoms with Crippen LogP contribution >= 0.6 is 11.8 Å². The number of aliphatic hydroxyl groups excluding tert-OH is 1. The van der Waals surface area contributed by atoms with Gasteiger partial charge in [0.05, 0.1) is 17.5 Å². The second-order valence-electron chi connectivity index (χ2n) is 10.5. The first-order chi connectivity index (χ1) is 21.3. The second kappa shape index (κ2) is 14.5. The number of hydrogen-bond donors (Lipinski definition) is 5. The Balaban J connectivity index is 1.23. The second-order valence-corrected chi connectivity index (χ2v) is 11.7. The highest BCUT2D eigenvalue weighted by atomic mass is 32.2. The van der Waals surface area contributed by atoms with Gasteiger partial charge in [-0.05, 0) is 61.4 Å². The van der Waals surface area contributed by atoms with Crippen LogP contribution in [0.3, 0.4) is 0 Å². The fourth-order valence-electron chi connectivity index (χ4n) is 5.16. The van der Waals surface area contributed by atoms with Crippen molar-refractivity contribution in [2.75, 3.05) is 36.9 Å². The minimum atomic E-state index is -1.13. The first-order valence-corrected chi connectivity index (χ1v) is 15.5. The van der Waals surface area contributed by atoms with Crippen molar-refractivity contribution in [3.63, 3.8) is 0 Å². The number of carbonyl (C=O) groups excluding carboxylic acids is 1. The summed E-state index contributed by atoms with van der Waals surface area (Å²) < 4.78 is 7.84. The van der Waals surface area contributed by atoms with Gasteiger partial charge in [0.2, 0.25) is 5.91 Å². The van der Waals surface area contributed by atoms with E-state index in [9.17, 15) is 14.7 Å². The van der Waals surface area contributed by atoms with Crippen molar-refractivity contribution in [2.24, 2.45) is 5.73 Å². The molecule has 13 nitrogen and oxygen atoms in total. The number of hydrogen-bond acceptors (Lipinski definition) is 11. The number of aliphatic hydroxyl groups is 1. The number of likely N-dealkylation sites (tertiary alicyclic amines) is 1. The van der Waals surface area contributed by atoms with Gasteiger partial charge in [0.25, 0.3) is 0 Å². The number of carboxylic acid groups (broad SMARTS) is 1. The first kappa shape index (κ1) is 31.2. The molecule has 4 aromatic rings. The number of nitrogen functional groups attached to an aromatic ring is 1. The number of thioether (sulfide) groups is 1. The van der Waals surface area contributed by atoms with E-state index < -0.39 is 30.7 Å². The number of amides is 1. The number of fused-ring (bicyclic) bond motifs is 1. The summed E-state index contributed by atoms with van der Waals surface area (Å²) in [6.07, 6.45) is 2.98. The van der Waals surface area contributed by atoms with Gasteiger partial charge >= 0.3 is 5.97 Å². The summed E-state index contributed by atoms with van der Waals surface area (Å²) in [5.74, 6) is 1.07. The van der Waals surface area contributed by atoms with Crippen LogP contribution in [0.25, 0.3) is 22.3 Å². The minimum Gasteiger partial charge on any atom is -0.480 e. The first-order valence-electron chi connectivity index (χ1n) is 14.4. The lowest BCUT2D eigenvalue weighted by Crippen LogP contribution is -2.44. The maximum Gasteiger partial charge on any atom is 0.322 e. The van der Waals surface area contributed by atoms with Crippen LogP contribution in [-0.2, 0) is 9.59 Å². The fraction of sp³-hybridized carbons (Fsp3) is 0.367. The normalized spacial score (nSPS) is 16.8. The van der Waals surface area contributed by atoms with Gasteiger partial charge in [-0.2, -0.15) is 16.9 Å². The number of anilines is 1. The molecule has 1 amide bonds. The monoisotopic (exact) mass is 620 g/mol. The van der Waals surface area contributed by atoms with Gasteiger partial charge < -0.3 is 31.7 Å². The van der Waals surface area contributed by atoms with E-state index in [1.807, 2.05) is 64.2 Å². The molecule has 232 valence electrons. The van der Waals surface area contributed by atoms with Gasteiger partial charge in [0, 0.05) is 24.4 Å². The van der Waals surface area contributed by atoms with Crippen molar-refractivity contribution >= 4 is 40.5 Å². The van der Waals surface area contributed by atoms with E-state index >= 15 is 0 Å². The van der Waals surface area contributed by atoms with E-state index in [0.29, 0.717) is 52.8 Å². The molecule has 0 radical (unpaired) electrons. The van der Waals surface area contributed by atoms with Crippen molar-refractivity contribution < 1.29 is 24.5 Å². The molecule has 3 unspecified atom stereocenters. The van der Waals surface area contributed by atoms with Crippen LogP contribution in [-0.4, -0.2) is 90.1 Å². The summed E-state index contributed by atoms with van der Waals surface area (Å²) >= 11 is 1.44. The number of aromatic nitrogens is 4. The molecule has 1 aliphatic rings. The topological polar surface area (TPSA) is 195 Å². The molecule has 1 saturated heterocycles. The lowest BCUT2D eigenvalue weighted by Gasteiger charge is -2.36. The Labute approximate surface area is 258 Å². The third kappa shape index (κ3) is 7.63. The molecule has 14 heteroatoms. The van der Waals surface area contributed by atoms with Crippen molar-refractivity contribution in [2.45, 2.75) is 37.6 Å². The van der Waals surface area contributed by atoms with Crippen LogP contribution in [0.2, 0.25) is 0 Å². The Hall–Kier alpha value is -4.24. The summed E-state index contributed by atoms with van der Waals surface area (Å²) in [6.45, 7) is 0.853. The van der Waals surface area contributed by atoms with Gasteiger partial charge in [-0.3, -0.25) is 14.5 Å². The number of benzene rings is 2. The molecular formula is C30H36N8O5S. The van der Waals surface area contributed by atoms with E-state index in [0.717, 1.165) is 30.7 Å². The van der Waals surface area contributed by atoms with E-state index in [1.54, 1.807) is 0 Å². The van der Waals surface area contributed by atoms with Crippen LogP contribution in [0.1, 0.15) is 25.3 Å². The summed E-state index contributed by atoms with van der Waals surface area (Å²) in [5, 5.41) is 27.6. The average Bonchev–Trinajstić information content (AvgIpc) is 3.43. The molecular weight excluding hydrogens is 584 g/mol. The number of nitrogens with one attached hydrogen (secondary N) is 1. The number of nitrogens with zero attached hydrogens (tertiary/aromatic N) is 5. The van der Waals surface area contributed by atoms with Gasteiger partial charge in [-0.25, -0.2) is 14.6 Å². The predicted molar refractivity (Wildman–Crippen MR) is 168 cm³/mol. The highest BCUT2D eigenvalue weighted by Crippen LogP contribution is 2.35. The van der Waals surface area contributed by atoms with E-state index in [2.05, 4.69) is 15.3 Å². The zero-order valence-electron chi connectivity index (χ0n) is 24.1. The number of aliphatic carboxylic acids is 1.